The van der Waals surface area contributed by atoms with Crippen molar-refractivity contribution in [3.05, 3.63) is 53.6 Å². The van der Waals surface area contributed by atoms with E-state index in [9.17, 15) is 49.8 Å². The fourth-order valence-electron chi connectivity index (χ4n) is 2.55. The number of alkyl halides is 6. The number of phenols is 1. The van der Waals surface area contributed by atoms with E-state index in [1.807, 2.05) is 0 Å². The second-order valence-electron chi connectivity index (χ2n) is 6.21. The van der Waals surface area contributed by atoms with Gasteiger partial charge in [-0.3, -0.25) is 4.31 Å². The number of carbonyl (C=O) groups is 1. The van der Waals surface area contributed by atoms with Crippen LogP contribution in [0.2, 0.25) is 0 Å². The van der Waals surface area contributed by atoms with Gasteiger partial charge in [-0.1, -0.05) is 12.1 Å². The summed E-state index contributed by atoms with van der Waals surface area (Å²) in [6.07, 6.45) is -12.2. The number of hydrogen-bond donors (Lipinski definition) is 3. The first-order valence-electron chi connectivity index (χ1n) is 7.96. The van der Waals surface area contributed by atoms with Gasteiger partial charge in [0.25, 0.3) is 15.6 Å². The molecule has 0 aliphatic rings. The molecule has 0 radical (unpaired) electrons. The molecule has 0 saturated heterocycles. The van der Waals surface area contributed by atoms with Crippen LogP contribution in [0, 0.1) is 0 Å². The molecule has 0 atom stereocenters. The van der Waals surface area contributed by atoms with Crippen LogP contribution in [-0.4, -0.2) is 49.1 Å². The van der Waals surface area contributed by atoms with E-state index in [2.05, 4.69) is 0 Å². The first-order chi connectivity index (χ1) is 13.9. The Morgan fingerprint density at radius 3 is 1.81 bits per heavy atom. The molecule has 7 nitrogen and oxygen atoms in total. The van der Waals surface area contributed by atoms with Gasteiger partial charge in [0.05, 0.1) is 10.6 Å². The third-order valence-electron chi connectivity index (χ3n) is 4.33. The van der Waals surface area contributed by atoms with E-state index in [0.717, 1.165) is 19.2 Å². The Morgan fingerprint density at radius 1 is 0.935 bits per heavy atom. The van der Waals surface area contributed by atoms with Gasteiger partial charge in [-0.15, -0.1) is 0 Å². The summed E-state index contributed by atoms with van der Waals surface area (Å²) in [5, 5.41) is 27.9. The molecule has 0 bridgehead atoms. The quantitative estimate of drug-likeness (QED) is 0.575. The second kappa shape index (κ2) is 7.60. The first-order valence-corrected chi connectivity index (χ1v) is 9.40. The van der Waals surface area contributed by atoms with E-state index < -0.39 is 55.7 Å². The molecule has 3 N–H and O–H groups in total. The molecule has 2 rings (SSSR count). The fraction of sp³-hybridized carbons (Fsp3) is 0.235. The highest BCUT2D eigenvalue weighted by Gasteiger charge is 2.71. The van der Waals surface area contributed by atoms with Gasteiger partial charge in [0, 0.05) is 18.7 Å². The highest BCUT2D eigenvalue weighted by atomic mass is 32.2. The van der Waals surface area contributed by atoms with Gasteiger partial charge >= 0.3 is 18.3 Å². The van der Waals surface area contributed by atoms with E-state index in [1.165, 1.54) is 0 Å². The summed E-state index contributed by atoms with van der Waals surface area (Å²) in [5.41, 5.74) is -7.72. The van der Waals surface area contributed by atoms with Crippen LogP contribution in [0.4, 0.5) is 32.0 Å². The number of anilines is 1. The zero-order valence-electron chi connectivity index (χ0n) is 15.2. The molecule has 0 saturated carbocycles. The average molecular weight is 473 g/mol. The van der Waals surface area contributed by atoms with E-state index in [-0.39, 0.29) is 17.8 Å². The molecule has 170 valence electrons. The molecule has 0 aliphatic carbocycles. The SMILES string of the molecule is CN(c1ccc(C(O)(C(F)(F)F)C(F)(F)F)cc1)S(=O)(=O)c1ccc(C(=O)O)c(O)c1. The van der Waals surface area contributed by atoms with Gasteiger partial charge < -0.3 is 15.3 Å². The van der Waals surface area contributed by atoms with Gasteiger partial charge in [-0.05, 0) is 24.3 Å². The summed E-state index contributed by atoms with van der Waals surface area (Å²) in [6.45, 7) is 0. The Kier molecular flexibility index (Phi) is 5.95. The van der Waals surface area contributed by atoms with Crippen LogP contribution >= 0.6 is 0 Å². The standard InChI is InChI=1S/C17H13F6NO6S/c1-24(31(29,30)11-6-7-12(14(26)27)13(25)8-11)10-4-2-9(3-5-10)15(28,16(18,19)20)17(21,22)23/h2-8,25,28H,1H3,(H,26,27). The maximum Gasteiger partial charge on any atom is 0.430 e. The molecule has 0 aliphatic heterocycles. The number of halogens is 6. The number of aliphatic hydroxyl groups is 1. The number of hydrogen-bond acceptors (Lipinski definition) is 5. The van der Waals surface area contributed by atoms with E-state index in [4.69, 9.17) is 5.11 Å². The third-order valence-corrected chi connectivity index (χ3v) is 6.11. The van der Waals surface area contributed by atoms with Crippen molar-refractivity contribution in [2.24, 2.45) is 0 Å². The van der Waals surface area contributed by atoms with Crippen LogP contribution in [-0.2, 0) is 15.6 Å². The van der Waals surface area contributed by atoms with Gasteiger partial charge in [0.1, 0.15) is 11.3 Å². The predicted molar refractivity (Wildman–Crippen MR) is 93.1 cm³/mol. The van der Waals surface area contributed by atoms with Crippen molar-refractivity contribution >= 4 is 21.7 Å². The van der Waals surface area contributed by atoms with Crippen molar-refractivity contribution in [2.45, 2.75) is 22.8 Å². The lowest BCUT2D eigenvalue weighted by Gasteiger charge is -2.33. The number of nitrogens with zero attached hydrogens (tertiary/aromatic N) is 1. The minimum absolute atomic E-state index is 0.271. The van der Waals surface area contributed by atoms with Gasteiger partial charge in [0.2, 0.25) is 0 Å². The third kappa shape index (κ3) is 4.12. The summed E-state index contributed by atoms with van der Waals surface area (Å²) in [4.78, 5) is 10.3. The number of carboxylic acid groups (broad SMARTS) is 1. The molecule has 2 aromatic carbocycles. The van der Waals surface area contributed by atoms with Crippen molar-refractivity contribution in [1.29, 1.82) is 0 Å². The molecule has 0 spiro atoms. The second-order valence-corrected chi connectivity index (χ2v) is 8.18. The van der Waals surface area contributed by atoms with Crippen molar-refractivity contribution in [3.8, 4) is 5.75 Å². The Balaban J connectivity index is 2.47. The summed E-state index contributed by atoms with van der Waals surface area (Å²) < 4.78 is 103. The summed E-state index contributed by atoms with van der Waals surface area (Å²) in [5.74, 6) is -2.41. The molecule has 0 heterocycles. The normalized spacial score (nSPS) is 13.2. The highest BCUT2D eigenvalue weighted by molar-refractivity contribution is 7.92. The molecule has 2 aromatic rings. The topological polar surface area (TPSA) is 115 Å². The van der Waals surface area contributed by atoms with Crippen LogP contribution in [0.3, 0.4) is 0 Å². The molecule has 0 amide bonds. The number of aromatic carboxylic acids is 1. The summed E-state index contributed by atoms with van der Waals surface area (Å²) >= 11 is 0. The van der Waals surface area contributed by atoms with Crippen LogP contribution in [0.5, 0.6) is 5.75 Å². The zero-order valence-corrected chi connectivity index (χ0v) is 16.0. The van der Waals surface area contributed by atoms with E-state index >= 15 is 0 Å². The maximum absolute atomic E-state index is 12.9. The van der Waals surface area contributed by atoms with Crippen LogP contribution in [0.15, 0.2) is 47.4 Å². The van der Waals surface area contributed by atoms with Crippen molar-refractivity contribution in [2.75, 3.05) is 11.4 Å². The molecule has 0 fully saturated rings. The molecular formula is C17H13F6NO6S. The number of rotatable bonds is 5. The first kappa shape index (κ1) is 24.3. The summed E-state index contributed by atoms with van der Waals surface area (Å²) in [6, 6.07) is 4.03. The molecule has 31 heavy (non-hydrogen) atoms. The monoisotopic (exact) mass is 473 g/mol. The predicted octanol–water partition coefficient (Wildman–Crippen LogP) is 3.23. The highest BCUT2D eigenvalue weighted by Crippen LogP contribution is 2.50. The summed E-state index contributed by atoms with van der Waals surface area (Å²) in [7, 11) is -3.57. The smallest absolute Gasteiger partial charge is 0.430 e. The maximum atomic E-state index is 12.9. The number of sulfonamides is 1. The van der Waals surface area contributed by atoms with E-state index in [0.29, 0.717) is 22.5 Å². The minimum atomic E-state index is -6.10. The molecular weight excluding hydrogens is 460 g/mol. The van der Waals surface area contributed by atoms with Crippen molar-refractivity contribution in [3.63, 3.8) is 0 Å². The lowest BCUT2D eigenvalue weighted by Crippen LogP contribution is -2.53. The van der Waals surface area contributed by atoms with Crippen LogP contribution < -0.4 is 4.31 Å². The average Bonchev–Trinajstić information content (AvgIpc) is 2.64. The number of benzene rings is 2. The van der Waals surface area contributed by atoms with Gasteiger partial charge in [-0.2, -0.15) is 26.3 Å². The number of aromatic hydroxyl groups is 1. The van der Waals surface area contributed by atoms with E-state index in [1.54, 1.807) is 0 Å². The fourth-order valence-corrected chi connectivity index (χ4v) is 3.77. The largest absolute Gasteiger partial charge is 0.507 e. The van der Waals surface area contributed by atoms with Crippen molar-refractivity contribution in [1.82, 2.24) is 0 Å². The van der Waals surface area contributed by atoms with Crippen LogP contribution in [0.1, 0.15) is 15.9 Å². The Hall–Kier alpha value is -3.00. The molecule has 0 aromatic heterocycles. The van der Waals surface area contributed by atoms with Gasteiger partial charge in [-0.25, -0.2) is 13.2 Å². The number of carboxylic acids is 1. The van der Waals surface area contributed by atoms with Crippen LogP contribution in [0.25, 0.3) is 0 Å². The lowest BCUT2D eigenvalue weighted by molar-refractivity contribution is -0.376. The lowest BCUT2D eigenvalue weighted by atomic mass is 9.92. The Labute approximate surface area is 170 Å². The van der Waals surface area contributed by atoms with Crippen molar-refractivity contribution < 1.29 is 54.9 Å². The Morgan fingerprint density at radius 2 is 1.42 bits per heavy atom. The van der Waals surface area contributed by atoms with Gasteiger partial charge in [0.15, 0.2) is 0 Å². The zero-order chi connectivity index (χ0) is 24.0. The minimum Gasteiger partial charge on any atom is -0.507 e. The molecule has 0 unspecified atom stereocenters. The Bertz CT molecular complexity index is 1080. The molecule has 14 heteroatoms.